The van der Waals surface area contributed by atoms with Crippen molar-refractivity contribution in [2.75, 3.05) is 7.11 Å². The number of fused-ring (bicyclic) bond motifs is 2. The third kappa shape index (κ3) is 2.22. The Labute approximate surface area is 145 Å². The summed E-state index contributed by atoms with van der Waals surface area (Å²) >= 11 is 3.36. The number of amides is 1. The van der Waals surface area contributed by atoms with Gasteiger partial charge in [0.15, 0.2) is 5.43 Å². The van der Waals surface area contributed by atoms with Gasteiger partial charge in [0.1, 0.15) is 11.3 Å². The second kappa shape index (κ2) is 5.49. The summed E-state index contributed by atoms with van der Waals surface area (Å²) < 4.78 is 11.7. The van der Waals surface area contributed by atoms with Crippen molar-refractivity contribution < 1.29 is 13.9 Å². The minimum absolute atomic E-state index is 0.0719. The average Bonchev–Trinajstić information content (AvgIpc) is 2.93. The number of hydrogen-bond acceptors (Lipinski definition) is 4. The molecule has 1 atom stereocenters. The Balaban J connectivity index is 1.97. The molecule has 5 nitrogen and oxygen atoms in total. The molecule has 24 heavy (non-hydrogen) atoms. The van der Waals surface area contributed by atoms with E-state index in [1.807, 2.05) is 12.1 Å². The zero-order valence-electron chi connectivity index (χ0n) is 12.6. The molecule has 1 aliphatic heterocycles. The number of benzene rings is 2. The van der Waals surface area contributed by atoms with E-state index < -0.39 is 6.04 Å². The van der Waals surface area contributed by atoms with Gasteiger partial charge in [-0.3, -0.25) is 9.59 Å². The van der Waals surface area contributed by atoms with Gasteiger partial charge in [0, 0.05) is 4.47 Å². The molecule has 0 spiro atoms. The van der Waals surface area contributed by atoms with Gasteiger partial charge in [-0.1, -0.05) is 28.1 Å². The minimum atomic E-state index is -0.553. The molecule has 0 saturated heterocycles. The standard InChI is InChI=1S/C18H12BrNO4/c1-23-11-4-2-3-9(7-11)15-14-16(21)12-8-10(19)5-6-13(12)24-17(14)18(22)20-15/h2-8,15H,1H3,(H,20,22). The Kier molecular flexibility index (Phi) is 3.42. The van der Waals surface area contributed by atoms with Gasteiger partial charge >= 0.3 is 0 Å². The van der Waals surface area contributed by atoms with Crippen molar-refractivity contribution in [2.45, 2.75) is 6.04 Å². The second-order valence-electron chi connectivity index (χ2n) is 5.50. The Hall–Kier alpha value is -2.60. The first-order valence-electron chi connectivity index (χ1n) is 7.29. The Morgan fingerprint density at radius 1 is 1.17 bits per heavy atom. The summed E-state index contributed by atoms with van der Waals surface area (Å²) in [6, 6.07) is 11.8. The summed E-state index contributed by atoms with van der Waals surface area (Å²) in [4.78, 5) is 25.2. The summed E-state index contributed by atoms with van der Waals surface area (Å²) in [6.07, 6.45) is 0. The minimum Gasteiger partial charge on any atom is -0.497 e. The summed E-state index contributed by atoms with van der Waals surface area (Å²) in [7, 11) is 1.57. The van der Waals surface area contributed by atoms with Crippen LogP contribution in [0.1, 0.15) is 27.7 Å². The van der Waals surface area contributed by atoms with E-state index in [1.54, 1.807) is 37.4 Å². The van der Waals surface area contributed by atoms with Crippen LogP contribution in [0.2, 0.25) is 0 Å². The molecule has 0 aliphatic carbocycles. The Bertz CT molecular complexity index is 1040. The SMILES string of the molecule is COc1cccc(C2NC(=O)c3oc4ccc(Br)cc4c(=O)c32)c1. The number of nitrogens with one attached hydrogen (secondary N) is 1. The topological polar surface area (TPSA) is 68.5 Å². The lowest BCUT2D eigenvalue weighted by Gasteiger charge is -2.12. The first-order valence-corrected chi connectivity index (χ1v) is 8.09. The number of carbonyl (C=O) groups excluding carboxylic acids is 1. The van der Waals surface area contributed by atoms with Crippen LogP contribution in [0.3, 0.4) is 0 Å². The quantitative estimate of drug-likeness (QED) is 0.733. The molecule has 2 heterocycles. The van der Waals surface area contributed by atoms with Gasteiger partial charge in [0.25, 0.3) is 5.91 Å². The molecule has 3 aromatic rings. The van der Waals surface area contributed by atoms with Gasteiger partial charge in [-0.05, 0) is 35.9 Å². The number of methoxy groups -OCH3 is 1. The zero-order chi connectivity index (χ0) is 16.8. The number of ether oxygens (including phenoxy) is 1. The number of carbonyl (C=O) groups is 1. The fourth-order valence-electron chi connectivity index (χ4n) is 2.95. The summed E-state index contributed by atoms with van der Waals surface area (Å²) in [6.45, 7) is 0. The molecule has 0 saturated carbocycles. The summed E-state index contributed by atoms with van der Waals surface area (Å²) in [5, 5.41) is 3.25. The lowest BCUT2D eigenvalue weighted by atomic mass is 9.99. The molecule has 120 valence electrons. The molecule has 1 unspecified atom stereocenters. The second-order valence-corrected chi connectivity index (χ2v) is 6.41. The largest absolute Gasteiger partial charge is 0.497 e. The molecule has 1 aliphatic rings. The molecule has 4 rings (SSSR count). The van der Waals surface area contributed by atoms with Crippen molar-refractivity contribution in [3.63, 3.8) is 0 Å². The van der Waals surface area contributed by atoms with Crippen LogP contribution in [0.4, 0.5) is 0 Å². The van der Waals surface area contributed by atoms with Crippen molar-refractivity contribution in [1.82, 2.24) is 5.32 Å². The van der Waals surface area contributed by atoms with E-state index in [2.05, 4.69) is 21.2 Å². The van der Waals surface area contributed by atoms with Gasteiger partial charge in [-0.2, -0.15) is 0 Å². The molecule has 1 amide bonds. The van der Waals surface area contributed by atoms with Crippen molar-refractivity contribution >= 4 is 32.8 Å². The molecule has 2 aromatic carbocycles. The Morgan fingerprint density at radius 2 is 2.00 bits per heavy atom. The van der Waals surface area contributed by atoms with E-state index in [1.165, 1.54) is 0 Å². The smallest absolute Gasteiger partial charge is 0.288 e. The average molecular weight is 386 g/mol. The number of rotatable bonds is 2. The van der Waals surface area contributed by atoms with E-state index in [4.69, 9.17) is 9.15 Å². The number of halogens is 1. The Morgan fingerprint density at radius 3 is 2.79 bits per heavy atom. The van der Waals surface area contributed by atoms with E-state index in [9.17, 15) is 9.59 Å². The van der Waals surface area contributed by atoms with Crippen molar-refractivity contribution in [1.29, 1.82) is 0 Å². The normalized spacial score (nSPS) is 16.1. The molecule has 1 N–H and O–H groups in total. The first-order chi connectivity index (χ1) is 11.6. The maximum Gasteiger partial charge on any atom is 0.288 e. The highest BCUT2D eigenvalue weighted by atomic mass is 79.9. The lowest BCUT2D eigenvalue weighted by Crippen LogP contribution is -2.21. The van der Waals surface area contributed by atoms with Crippen LogP contribution in [-0.4, -0.2) is 13.0 Å². The highest BCUT2D eigenvalue weighted by molar-refractivity contribution is 9.10. The van der Waals surface area contributed by atoms with Crippen LogP contribution in [0.5, 0.6) is 5.75 Å². The highest BCUT2D eigenvalue weighted by Crippen LogP contribution is 2.32. The zero-order valence-corrected chi connectivity index (χ0v) is 14.2. The van der Waals surface area contributed by atoms with Crippen LogP contribution in [0, 0.1) is 0 Å². The molecule has 1 aromatic heterocycles. The van der Waals surface area contributed by atoms with E-state index in [0.717, 1.165) is 10.0 Å². The van der Waals surface area contributed by atoms with Crippen molar-refractivity contribution in [3.8, 4) is 5.75 Å². The molecular formula is C18H12BrNO4. The molecule has 6 heteroatoms. The van der Waals surface area contributed by atoms with Crippen LogP contribution in [0.15, 0.2) is 56.1 Å². The predicted molar refractivity (Wildman–Crippen MR) is 92.5 cm³/mol. The third-order valence-electron chi connectivity index (χ3n) is 4.08. The maximum absolute atomic E-state index is 13.0. The summed E-state index contributed by atoms with van der Waals surface area (Å²) in [5.74, 6) is 0.338. The van der Waals surface area contributed by atoms with Gasteiger partial charge in [-0.25, -0.2) is 0 Å². The van der Waals surface area contributed by atoms with Gasteiger partial charge in [-0.15, -0.1) is 0 Å². The predicted octanol–water partition coefficient (Wildman–Crippen LogP) is 3.40. The molecule has 0 bridgehead atoms. The van der Waals surface area contributed by atoms with Crippen LogP contribution in [-0.2, 0) is 0 Å². The highest BCUT2D eigenvalue weighted by Gasteiger charge is 2.36. The van der Waals surface area contributed by atoms with Crippen molar-refractivity contribution in [2.24, 2.45) is 0 Å². The van der Waals surface area contributed by atoms with Gasteiger partial charge in [0.2, 0.25) is 5.76 Å². The lowest BCUT2D eigenvalue weighted by molar-refractivity contribution is 0.0938. The molecule has 0 radical (unpaired) electrons. The van der Waals surface area contributed by atoms with E-state index in [0.29, 0.717) is 22.3 Å². The molecular weight excluding hydrogens is 374 g/mol. The maximum atomic E-state index is 13.0. The summed E-state index contributed by atoms with van der Waals surface area (Å²) in [5.41, 5.74) is 1.28. The monoisotopic (exact) mass is 385 g/mol. The fourth-order valence-corrected chi connectivity index (χ4v) is 3.31. The first kappa shape index (κ1) is 15.0. The van der Waals surface area contributed by atoms with E-state index in [-0.39, 0.29) is 17.1 Å². The van der Waals surface area contributed by atoms with E-state index >= 15 is 0 Å². The molecule has 0 fully saturated rings. The van der Waals surface area contributed by atoms with Gasteiger partial charge < -0.3 is 14.5 Å². The van der Waals surface area contributed by atoms with Crippen LogP contribution in [0.25, 0.3) is 11.0 Å². The fraction of sp³-hybridized carbons (Fsp3) is 0.111. The van der Waals surface area contributed by atoms with Gasteiger partial charge in [0.05, 0.1) is 24.1 Å². The van der Waals surface area contributed by atoms with Crippen LogP contribution < -0.4 is 15.5 Å². The third-order valence-corrected chi connectivity index (χ3v) is 4.58. The number of hydrogen-bond donors (Lipinski definition) is 1. The van der Waals surface area contributed by atoms with Crippen LogP contribution >= 0.6 is 15.9 Å². The van der Waals surface area contributed by atoms with Crippen molar-refractivity contribution in [3.05, 3.63) is 74.0 Å².